The van der Waals surface area contributed by atoms with Crippen molar-refractivity contribution < 1.29 is 19.7 Å². The third-order valence-corrected chi connectivity index (χ3v) is 6.03. The SMILES string of the molecule is CC(C)C1(O)C(O)CC2(C)CC(=O)C3(C)OC3CC21. The molecule has 0 aromatic rings. The van der Waals surface area contributed by atoms with E-state index in [1.165, 1.54) is 0 Å². The van der Waals surface area contributed by atoms with Crippen molar-refractivity contribution in [2.75, 3.05) is 0 Å². The van der Waals surface area contributed by atoms with Gasteiger partial charge in [0.1, 0.15) is 5.60 Å². The Labute approximate surface area is 114 Å². The van der Waals surface area contributed by atoms with Gasteiger partial charge in [-0.3, -0.25) is 4.79 Å². The fourth-order valence-electron chi connectivity index (χ4n) is 4.53. The van der Waals surface area contributed by atoms with Gasteiger partial charge in [0.25, 0.3) is 0 Å². The number of hydrogen-bond acceptors (Lipinski definition) is 4. The second-order valence-electron chi connectivity index (χ2n) is 7.52. The molecule has 19 heavy (non-hydrogen) atoms. The Morgan fingerprint density at radius 3 is 2.58 bits per heavy atom. The molecule has 1 aliphatic heterocycles. The molecule has 0 radical (unpaired) electrons. The minimum atomic E-state index is -1.10. The van der Waals surface area contributed by atoms with E-state index in [0.717, 1.165) is 0 Å². The Morgan fingerprint density at radius 1 is 1.37 bits per heavy atom. The minimum absolute atomic E-state index is 0.0347. The number of aliphatic hydroxyl groups is 2. The fourth-order valence-corrected chi connectivity index (χ4v) is 4.53. The molecule has 3 fully saturated rings. The topological polar surface area (TPSA) is 70.1 Å². The Morgan fingerprint density at radius 2 is 2.00 bits per heavy atom. The van der Waals surface area contributed by atoms with Gasteiger partial charge in [-0.2, -0.15) is 0 Å². The van der Waals surface area contributed by atoms with Crippen molar-refractivity contribution in [2.45, 2.75) is 70.4 Å². The average Bonchev–Trinajstić information content (AvgIpc) is 2.92. The van der Waals surface area contributed by atoms with Crippen LogP contribution in [0.5, 0.6) is 0 Å². The number of hydrogen-bond donors (Lipinski definition) is 2. The summed E-state index contributed by atoms with van der Waals surface area (Å²) in [6.07, 6.45) is 0.739. The maximum atomic E-state index is 12.3. The molecule has 2 aliphatic carbocycles. The number of ether oxygens (including phenoxy) is 1. The number of rotatable bonds is 1. The van der Waals surface area contributed by atoms with E-state index in [4.69, 9.17) is 4.74 Å². The predicted molar refractivity (Wildman–Crippen MR) is 69.5 cm³/mol. The van der Waals surface area contributed by atoms with Crippen LogP contribution in [-0.4, -0.2) is 39.4 Å². The molecule has 4 heteroatoms. The van der Waals surface area contributed by atoms with Crippen molar-refractivity contribution in [3.05, 3.63) is 0 Å². The summed E-state index contributed by atoms with van der Waals surface area (Å²) in [6, 6.07) is 0. The lowest BCUT2D eigenvalue weighted by atomic mass is 9.68. The second kappa shape index (κ2) is 3.60. The van der Waals surface area contributed by atoms with Gasteiger partial charge in [-0.1, -0.05) is 20.8 Å². The van der Waals surface area contributed by atoms with Gasteiger partial charge in [-0.05, 0) is 37.0 Å². The lowest BCUT2D eigenvalue weighted by molar-refractivity contribution is -0.131. The molecule has 1 heterocycles. The molecule has 3 rings (SSSR count). The van der Waals surface area contributed by atoms with E-state index in [0.29, 0.717) is 19.3 Å². The maximum Gasteiger partial charge on any atom is 0.167 e. The van der Waals surface area contributed by atoms with Gasteiger partial charge >= 0.3 is 0 Å². The Hall–Kier alpha value is -0.450. The van der Waals surface area contributed by atoms with Gasteiger partial charge in [0.15, 0.2) is 5.78 Å². The van der Waals surface area contributed by atoms with Crippen LogP contribution in [0.4, 0.5) is 0 Å². The van der Waals surface area contributed by atoms with Crippen molar-refractivity contribution in [3.8, 4) is 0 Å². The summed E-state index contributed by atoms with van der Waals surface area (Å²) in [5, 5.41) is 21.4. The molecule has 0 amide bonds. The molecule has 0 aromatic heterocycles. The highest BCUT2D eigenvalue weighted by atomic mass is 16.6. The number of carbonyl (C=O) groups is 1. The first-order chi connectivity index (χ1) is 8.64. The number of fused-ring (bicyclic) bond motifs is 2. The van der Waals surface area contributed by atoms with E-state index >= 15 is 0 Å². The molecule has 6 unspecified atom stereocenters. The van der Waals surface area contributed by atoms with Crippen LogP contribution in [-0.2, 0) is 9.53 Å². The number of carbonyl (C=O) groups excluding carboxylic acids is 1. The number of Topliss-reactive ketones (excluding diaryl/α,β-unsaturated/α-hetero) is 1. The maximum absolute atomic E-state index is 12.3. The summed E-state index contributed by atoms with van der Waals surface area (Å²) in [5.74, 6) is 0.0171. The number of ketones is 1. The normalized spacial score (nSPS) is 56.8. The number of aliphatic hydroxyl groups excluding tert-OH is 1. The van der Waals surface area contributed by atoms with Crippen molar-refractivity contribution in [1.29, 1.82) is 0 Å². The van der Waals surface area contributed by atoms with Crippen LogP contribution in [0.25, 0.3) is 0 Å². The zero-order valence-corrected chi connectivity index (χ0v) is 12.1. The zero-order chi connectivity index (χ0) is 14.2. The predicted octanol–water partition coefficient (Wildman–Crippen LogP) is 1.28. The van der Waals surface area contributed by atoms with Crippen LogP contribution in [0.3, 0.4) is 0 Å². The Kier molecular flexibility index (Phi) is 2.56. The van der Waals surface area contributed by atoms with Crippen LogP contribution in [0, 0.1) is 17.3 Å². The number of epoxide rings is 1. The molecule has 3 aliphatic rings. The summed E-state index contributed by atoms with van der Waals surface area (Å²) in [7, 11) is 0. The van der Waals surface area contributed by atoms with Gasteiger partial charge in [0.2, 0.25) is 0 Å². The van der Waals surface area contributed by atoms with E-state index in [-0.39, 0.29) is 29.1 Å². The van der Waals surface area contributed by atoms with Gasteiger partial charge in [0, 0.05) is 6.42 Å². The fraction of sp³-hybridized carbons (Fsp3) is 0.933. The summed E-state index contributed by atoms with van der Waals surface area (Å²) in [6.45, 7) is 7.77. The molecular formula is C15H24O4. The highest BCUT2D eigenvalue weighted by Crippen LogP contribution is 2.61. The van der Waals surface area contributed by atoms with E-state index in [2.05, 4.69) is 0 Å². The summed E-state index contributed by atoms with van der Waals surface area (Å²) >= 11 is 0. The van der Waals surface area contributed by atoms with Crippen molar-refractivity contribution >= 4 is 5.78 Å². The Balaban J connectivity index is 2.01. The summed E-state index contributed by atoms with van der Waals surface area (Å²) in [5.41, 5.74) is -2.04. The minimum Gasteiger partial charge on any atom is -0.390 e. The van der Waals surface area contributed by atoms with Crippen LogP contribution in [0.2, 0.25) is 0 Å². The molecule has 2 N–H and O–H groups in total. The van der Waals surface area contributed by atoms with Gasteiger partial charge < -0.3 is 14.9 Å². The highest BCUT2D eigenvalue weighted by Gasteiger charge is 2.69. The molecule has 1 saturated heterocycles. The summed E-state index contributed by atoms with van der Waals surface area (Å²) < 4.78 is 5.58. The third kappa shape index (κ3) is 1.54. The van der Waals surface area contributed by atoms with Crippen LogP contribution in [0.1, 0.15) is 47.0 Å². The zero-order valence-electron chi connectivity index (χ0n) is 12.1. The first kappa shape index (κ1) is 13.5. The van der Waals surface area contributed by atoms with Crippen LogP contribution in [0.15, 0.2) is 0 Å². The molecule has 0 aromatic carbocycles. The van der Waals surface area contributed by atoms with E-state index in [1.807, 2.05) is 27.7 Å². The first-order valence-corrected chi connectivity index (χ1v) is 7.26. The molecule has 108 valence electrons. The lowest BCUT2D eigenvalue weighted by Crippen LogP contribution is -2.49. The quantitative estimate of drug-likeness (QED) is 0.703. The first-order valence-electron chi connectivity index (χ1n) is 7.26. The highest BCUT2D eigenvalue weighted by molar-refractivity contribution is 5.91. The standard InChI is InChI=1S/C15H24O4/c1-8(2)15(18)9-5-12-14(4,19-12)10(16)6-13(9,3)7-11(15)17/h8-9,11-12,17-18H,5-7H2,1-4H3. The largest absolute Gasteiger partial charge is 0.390 e. The van der Waals surface area contributed by atoms with Gasteiger partial charge in [0.05, 0.1) is 17.8 Å². The van der Waals surface area contributed by atoms with Crippen molar-refractivity contribution in [3.63, 3.8) is 0 Å². The molecule has 0 spiro atoms. The average molecular weight is 268 g/mol. The summed E-state index contributed by atoms with van der Waals surface area (Å²) in [4.78, 5) is 12.3. The molecule has 2 saturated carbocycles. The van der Waals surface area contributed by atoms with E-state index < -0.39 is 17.3 Å². The van der Waals surface area contributed by atoms with Gasteiger partial charge in [-0.15, -0.1) is 0 Å². The monoisotopic (exact) mass is 268 g/mol. The molecular weight excluding hydrogens is 244 g/mol. The molecule has 4 nitrogen and oxygen atoms in total. The van der Waals surface area contributed by atoms with E-state index in [9.17, 15) is 15.0 Å². The Bertz CT molecular complexity index is 434. The smallest absolute Gasteiger partial charge is 0.167 e. The molecule has 6 atom stereocenters. The van der Waals surface area contributed by atoms with Crippen LogP contribution < -0.4 is 0 Å². The third-order valence-electron chi connectivity index (χ3n) is 6.03. The second-order valence-corrected chi connectivity index (χ2v) is 7.52. The van der Waals surface area contributed by atoms with Crippen LogP contribution >= 0.6 is 0 Å². The molecule has 0 bridgehead atoms. The van der Waals surface area contributed by atoms with E-state index in [1.54, 1.807) is 0 Å². The van der Waals surface area contributed by atoms with Gasteiger partial charge in [-0.25, -0.2) is 0 Å². The lowest BCUT2D eigenvalue weighted by Gasteiger charge is -2.40. The van der Waals surface area contributed by atoms with Crippen molar-refractivity contribution in [1.82, 2.24) is 0 Å². The van der Waals surface area contributed by atoms with Crippen molar-refractivity contribution in [2.24, 2.45) is 17.3 Å².